The molecule has 1 aliphatic heterocycles. The molecule has 0 fully saturated rings. The molecular weight excluding hydrogens is 206 g/mol. The Labute approximate surface area is 104 Å². The molecule has 1 aromatic carbocycles. The number of rotatable bonds is 5. The largest absolute Gasteiger partial charge is 0.371 e. The van der Waals surface area contributed by atoms with E-state index in [9.17, 15) is 0 Å². The molecule has 1 unspecified atom stereocenters. The zero-order valence-electron chi connectivity index (χ0n) is 10.5. The second-order valence-electron chi connectivity index (χ2n) is 4.57. The minimum absolute atomic E-state index is 0.522. The first-order valence-corrected chi connectivity index (χ1v) is 6.55. The van der Waals surface area contributed by atoms with E-state index in [0.717, 1.165) is 13.0 Å². The van der Waals surface area contributed by atoms with Crippen molar-refractivity contribution in [1.29, 1.82) is 0 Å². The highest BCUT2D eigenvalue weighted by Crippen LogP contribution is 2.15. The summed E-state index contributed by atoms with van der Waals surface area (Å²) < 4.78 is 0. The fraction of sp³-hybridized carbons (Fsp3) is 0.375. The molecule has 1 aliphatic rings. The van der Waals surface area contributed by atoms with Crippen molar-refractivity contribution in [2.24, 2.45) is 0 Å². The molecule has 0 aromatic heterocycles. The Balaban J connectivity index is 1.98. The van der Waals surface area contributed by atoms with Gasteiger partial charge >= 0.3 is 0 Å². The summed E-state index contributed by atoms with van der Waals surface area (Å²) in [4.78, 5) is 2.45. The lowest BCUT2D eigenvalue weighted by Gasteiger charge is -2.30. The van der Waals surface area contributed by atoms with E-state index in [-0.39, 0.29) is 0 Å². The third-order valence-corrected chi connectivity index (χ3v) is 3.21. The molecule has 1 heterocycles. The molecule has 0 saturated heterocycles. The van der Waals surface area contributed by atoms with Crippen LogP contribution in [0.2, 0.25) is 0 Å². The van der Waals surface area contributed by atoms with Crippen LogP contribution in [0, 0.1) is 0 Å². The highest BCUT2D eigenvalue weighted by Gasteiger charge is 2.14. The van der Waals surface area contributed by atoms with E-state index in [0.29, 0.717) is 6.04 Å². The second-order valence-corrected chi connectivity index (χ2v) is 4.57. The fourth-order valence-electron chi connectivity index (χ4n) is 2.20. The third kappa shape index (κ3) is 3.48. The van der Waals surface area contributed by atoms with Gasteiger partial charge in [0.15, 0.2) is 0 Å². The predicted octanol–water partition coefficient (Wildman–Crippen LogP) is 3.78. The molecule has 0 aliphatic carbocycles. The topological polar surface area (TPSA) is 3.24 Å². The maximum atomic E-state index is 2.45. The first-order chi connectivity index (χ1) is 8.40. The summed E-state index contributed by atoms with van der Waals surface area (Å²) in [6.07, 6.45) is 12.5. The predicted molar refractivity (Wildman–Crippen MR) is 73.8 cm³/mol. The van der Waals surface area contributed by atoms with Gasteiger partial charge in [0, 0.05) is 6.54 Å². The molecule has 17 heavy (non-hydrogen) atoms. The summed E-state index contributed by atoms with van der Waals surface area (Å²) in [5, 5.41) is 0. The molecule has 0 saturated carbocycles. The SMILES string of the molecule is CCCCN1C=CC=CC1Cc1ccccc1. The Hall–Kier alpha value is -1.50. The van der Waals surface area contributed by atoms with Gasteiger partial charge in [-0.15, -0.1) is 0 Å². The summed E-state index contributed by atoms with van der Waals surface area (Å²) in [5.41, 5.74) is 1.42. The average molecular weight is 227 g/mol. The maximum Gasteiger partial charge on any atom is 0.0510 e. The Morgan fingerprint density at radius 2 is 1.94 bits per heavy atom. The summed E-state index contributed by atoms with van der Waals surface area (Å²) in [7, 11) is 0. The third-order valence-electron chi connectivity index (χ3n) is 3.21. The summed E-state index contributed by atoms with van der Waals surface area (Å²) >= 11 is 0. The molecule has 90 valence electrons. The summed E-state index contributed by atoms with van der Waals surface area (Å²) in [6.45, 7) is 3.41. The van der Waals surface area contributed by atoms with Gasteiger partial charge in [-0.3, -0.25) is 0 Å². The van der Waals surface area contributed by atoms with Gasteiger partial charge in [0.05, 0.1) is 6.04 Å². The standard InChI is InChI=1S/C16H21N/c1-2-3-12-17-13-8-7-11-16(17)14-15-9-5-4-6-10-15/h4-11,13,16H,2-3,12,14H2,1H3. The van der Waals surface area contributed by atoms with Crippen LogP contribution in [0.15, 0.2) is 54.8 Å². The number of unbranched alkanes of at least 4 members (excludes halogenated alkanes) is 1. The zero-order chi connectivity index (χ0) is 11.9. The van der Waals surface area contributed by atoms with Crippen LogP contribution in [0.25, 0.3) is 0 Å². The number of nitrogens with zero attached hydrogens (tertiary/aromatic N) is 1. The van der Waals surface area contributed by atoms with Gasteiger partial charge in [0.2, 0.25) is 0 Å². The highest BCUT2D eigenvalue weighted by molar-refractivity contribution is 5.21. The van der Waals surface area contributed by atoms with Crippen molar-refractivity contribution < 1.29 is 0 Å². The Morgan fingerprint density at radius 3 is 2.71 bits per heavy atom. The van der Waals surface area contributed by atoms with E-state index < -0.39 is 0 Å². The second kappa shape index (κ2) is 6.29. The minimum Gasteiger partial charge on any atom is -0.371 e. The monoisotopic (exact) mass is 227 g/mol. The molecule has 1 aromatic rings. The molecule has 0 amide bonds. The van der Waals surface area contributed by atoms with E-state index in [4.69, 9.17) is 0 Å². The van der Waals surface area contributed by atoms with Gasteiger partial charge in [0.1, 0.15) is 0 Å². The van der Waals surface area contributed by atoms with Crippen molar-refractivity contribution in [3.8, 4) is 0 Å². The van der Waals surface area contributed by atoms with E-state index >= 15 is 0 Å². The lowest BCUT2D eigenvalue weighted by molar-refractivity contribution is 0.308. The summed E-state index contributed by atoms with van der Waals surface area (Å²) in [6, 6.07) is 11.3. The molecule has 1 atom stereocenters. The van der Waals surface area contributed by atoms with Gasteiger partial charge in [-0.1, -0.05) is 55.8 Å². The Bertz CT molecular complexity index is 378. The fourth-order valence-corrected chi connectivity index (χ4v) is 2.20. The molecule has 2 rings (SSSR count). The van der Waals surface area contributed by atoms with Crippen molar-refractivity contribution >= 4 is 0 Å². The van der Waals surface area contributed by atoms with Crippen LogP contribution in [0.1, 0.15) is 25.3 Å². The van der Waals surface area contributed by atoms with Gasteiger partial charge in [-0.25, -0.2) is 0 Å². The molecule has 1 heteroatoms. The van der Waals surface area contributed by atoms with Crippen molar-refractivity contribution in [1.82, 2.24) is 4.90 Å². The van der Waals surface area contributed by atoms with E-state index in [1.165, 1.54) is 18.4 Å². The van der Waals surface area contributed by atoms with Crippen molar-refractivity contribution in [3.63, 3.8) is 0 Å². The minimum atomic E-state index is 0.522. The van der Waals surface area contributed by atoms with Crippen molar-refractivity contribution in [2.45, 2.75) is 32.2 Å². The van der Waals surface area contributed by atoms with Crippen molar-refractivity contribution in [2.75, 3.05) is 6.54 Å². The van der Waals surface area contributed by atoms with E-state index in [1.807, 2.05) is 0 Å². The maximum absolute atomic E-state index is 2.45. The molecule has 1 nitrogen and oxygen atoms in total. The lowest BCUT2D eigenvalue weighted by atomic mass is 10.0. The van der Waals surface area contributed by atoms with Crippen LogP contribution in [0.3, 0.4) is 0 Å². The number of benzene rings is 1. The molecular formula is C16H21N. The normalized spacial score (nSPS) is 18.6. The van der Waals surface area contributed by atoms with Crippen molar-refractivity contribution in [3.05, 3.63) is 60.3 Å². The zero-order valence-corrected chi connectivity index (χ0v) is 10.5. The van der Waals surface area contributed by atoms with Gasteiger partial charge in [-0.2, -0.15) is 0 Å². The smallest absolute Gasteiger partial charge is 0.0510 e. The van der Waals surface area contributed by atoms with E-state index in [2.05, 4.69) is 66.6 Å². The van der Waals surface area contributed by atoms with Crippen LogP contribution >= 0.6 is 0 Å². The highest BCUT2D eigenvalue weighted by atomic mass is 15.1. The van der Waals surface area contributed by atoms with Gasteiger partial charge in [0.25, 0.3) is 0 Å². The number of allylic oxidation sites excluding steroid dienone is 2. The number of hydrogen-bond acceptors (Lipinski definition) is 1. The molecule has 0 bridgehead atoms. The number of hydrogen-bond donors (Lipinski definition) is 0. The quantitative estimate of drug-likeness (QED) is 0.740. The first kappa shape index (κ1) is 12.0. The van der Waals surface area contributed by atoms with Crippen LogP contribution in [0.4, 0.5) is 0 Å². The lowest BCUT2D eigenvalue weighted by Crippen LogP contribution is -2.33. The van der Waals surface area contributed by atoms with E-state index in [1.54, 1.807) is 0 Å². The summed E-state index contributed by atoms with van der Waals surface area (Å²) in [5.74, 6) is 0. The van der Waals surface area contributed by atoms with Gasteiger partial charge < -0.3 is 4.90 Å². The molecule has 0 spiro atoms. The van der Waals surface area contributed by atoms with Crippen LogP contribution in [-0.4, -0.2) is 17.5 Å². The van der Waals surface area contributed by atoms with Crippen LogP contribution in [0.5, 0.6) is 0 Å². The average Bonchev–Trinajstić information content (AvgIpc) is 2.39. The Kier molecular flexibility index (Phi) is 4.43. The first-order valence-electron chi connectivity index (χ1n) is 6.55. The van der Waals surface area contributed by atoms with Crippen LogP contribution in [-0.2, 0) is 6.42 Å². The van der Waals surface area contributed by atoms with Gasteiger partial charge in [-0.05, 0) is 30.7 Å². The molecule has 0 radical (unpaired) electrons. The van der Waals surface area contributed by atoms with Crippen LogP contribution < -0.4 is 0 Å². The molecule has 0 N–H and O–H groups in total. The Morgan fingerprint density at radius 1 is 1.12 bits per heavy atom.